The molecule has 0 amide bonds. The first-order valence-corrected chi connectivity index (χ1v) is 8.55. The summed E-state index contributed by atoms with van der Waals surface area (Å²) in [7, 11) is 4.67. The SMILES string of the molecule is COc1ccc(-c2cc(O)c3c(=O)c4ccc(OC)cc4oc3c2)c(OC)c1. The second-order valence-corrected chi connectivity index (χ2v) is 6.23. The van der Waals surface area contributed by atoms with Crippen molar-refractivity contribution in [2.75, 3.05) is 21.3 Å². The number of phenolic OH excluding ortho intramolecular Hbond substituents is 1. The number of rotatable bonds is 4. The molecule has 0 saturated heterocycles. The summed E-state index contributed by atoms with van der Waals surface area (Å²) in [6.07, 6.45) is 0. The minimum Gasteiger partial charge on any atom is -0.507 e. The predicted octanol–water partition coefficient (Wildman–Crippen LogP) is 4.34. The number of hydrogen-bond donors (Lipinski definition) is 1. The van der Waals surface area contributed by atoms with Crippen LogP contribution in [0.1, 0.15) is 0 Å². The molecule has 1 aromatic heterocycles. The van der Waals surface area contributed by atoms with Gasteiger partial charge < -0.3 is 23.7 Å². The third-order valence-electron chi connectivity index (χ3n) is 4.68. The molecule has 0 aliphatic heterocycles. The van der Waals surface area contributed by atoms with Gasteiger partial charge in [-0.05, 0) is 42.0 Å². The van der Waals surface area contributed by atoms with Crippen molar-refractivity contribution in [1.29, 1.82) is 0 Å². The Hall–Kier alpha value is -3.67. The number of methoxy groups -OCH3 is 3. The number of phenols is 1. The molecule has 1 N–H and O–H groups in total. The second kappa shape index (κ2) is 6.81. The van der Waals surface area contributed by atoms with E-state index in [1.54, 1.807) is 57.7 Å². The number of aromatic hydroxyl groups is 1. The fraction of sp³-hybridized carbons (Fsp3) is 0.136. The number of ether oxygens (including phenoxy) is 3. The average Bonchev–Trinajstić information content (AvgIpc) is 2.72. The first kappa shape index (κ1) is 17.7. The smallest absolute Gasteiger partial charge is 0.204 e. The van der Waals surface area contributed by atoms with Crippen molar-refractivity contribution >= 4 is 21.9 Å². The predicted molar refractivity (Wildman–Crippen MR) is 107 cm³/mol. The highest BCUT2D eigenvalue weighted by Gasteiger charge is 2.16. The van der Waals surface area contributed by atoms with Crippen molar-refractivity contribution in [3.05, 3.63) is 58.8 Å². The van der Waals surface area contributed by atoms with E-state index in [4.69, 9.17) is 18.6 Å². The number of benzene rings is 3. The van der Waals surface area contributed by atoms with Crippen LogP contribution in [0, 0.1) is 0 Å². The van der Waals surface area contributed by atoms with E-state index >= 15 is 0 Å². The van der Waals surface area contributed by atoms with E-state index in [2.05, 4.69) is 0 Å². The van der Waals surface area contributed by atoms with Crippen molar-refractivity contribution in [3.63, 3.8) is 0 Å². The lowest BCUT2D eigenvalue weighted by molar-refractivity contribution is 0.395. The van der Waals surface area contributed by atoms with Crippen LogP contribution in [-0.2, 0) is 0 Å². The van der Waals surface area contributed by atoms with Crippen molar-refractivity contribution in [2.24, 2.45) is 0 Å². The molecule has 0 radical (unpaired) electrons. The lowest BCUT2D eigenvalue weighted by atomic mass is 10.0. The Bertz CT molecular complexity index is 1260. The van der Waals surface area contributed by atoms with E-state index in [-0.39, 0.29) is 22.1 Å². The Morgan fingerprint density at radius 1 is 0.821 bits per heavy atom. The summed E-state index contributed by atoms with van der Waals surface area (Å²) in [5.74, 6) is 1.64. The fourth-order valence-electron chi connectivity index (χ4n) is 3.26. The quantitative estimate of drug-likeness (QED) is 0.532. The third kappa shape index (κ3) is 2.79. The molecule has 0 atom stereocenters. The summed E-state index contributed by atoms with van der Waals surface area (Å²) >= 11 is 0. The number of fused-ring (bicyclic) bond motifs is 2. The molecule has 0 fully saturated rings. The molecule has 1 heterocycles. The Morgan fingerprint density at radius 3 is 2.25 bits per heavy atom. The molecule has 0 spiro atoms. The van der Waals surface area contributed by atoms with Crippen LogP contribution < -0.4 is 19.6 Å². The molecule has 0 aliphatic carbocycles. The molecule has 4 rings (SSSR count). The zero-order valence-corrected chi connectivity index (χ0v) is 15.6. The Morgan fingerprint density at radius 2 is 1.54 bits per heavy atom. The molecule has 0 unspecified atom stereocenters. The van der Waals surface area contributed by atoms with Gasteiger partial charge >= 0.3 is 0 Å². The fourth-order valence-corrected chi connectivity index (χ4v) is 3.26. The van der Waals surface area contributed by atoms with Crippen molar-refractivity contribution < 1.29 is 23.7 Å². The summed E-state index contributed by atoms with van der Waals surface area (Å²) in [5.41, 5.74) is 1.74. The third-order valence-corrected chi connectivity index (χ3v) is 4.68. The molecule has 3 aromatic carbocycles. The first-order chi connectivity index (χ1) is 13.5. The van der Waals surface area contributed by atoms with Crippen LogP contribution in [0.5, 0.6) is 23.0 Å². The van der Waals surface area contributed by atoms with Crippen LogP contribution in [0.3, 0.4) is 0 Å². The first-order valence-electron chi connectivity index (χ1n) is 8.55. The molecule has 4 aromatic rings. The molecule has 28 heavy (non-hydrogen) atoms. The van der Waals surface area contributed by atoms with Crippen LogP contribution in [-0.4, -0.2) is 26.4 Å². The molecular formula is C22H18O6. The largest absolute Gasteiger partial charge is 0.507 e. The van der Waals surface area contributed by atoms with E-state index < -0.39 is 0 Å². The lowest BCUT2D eigenvalue weighted by Gasteiger charge is -2.12. The van der Waals surface area contributed by atoms with Gasteiger partial charge in [0.05, 0.1) is 26.7 Å². The summed E-state index contributed by atoms with van der Waals surface area (Å²) in [6, 6.07) is 13.5. The van der Waals surface area contributed by atoms with Gasteiger partial charge in [-0.2, -0.15) is 0 Å². The highest BCUT2D eigenvalue weighted by molar-refractivity contribution is 5.96. The van der Waals surface area contributed by atoms with E-state index in [1.807, 2.05) is 6.07 Å². The molecule has 0 bridgehead atoms. The number of hydrogen-bond acceptors (Lipinski definition) is 6. The van der Waals surface area contributed by atoms with Gasteiger partial charge in [-0.3, -0.25) is 4.79 Å². The van der Waals surface area contributed by atoms with Gasteiger partial charge in [0.1, 0.15) is 39.6 Å². The maximum atomic E-state index is 12.9. The minimum atomic E-state index is -0.301. The topological polar surface area (TPSA) is 78.1 Å². The summed E-state index contributed by atoms with van der Waals surface area (Å²) in [5, 5.41) is 11.1. The molecular weight excluding hydrogens is 360 g/mol. The van der Waals surface area contributed by atoms with E-state index in [1.165, 1.54) is 6.07 Å². The molecule has 0 aliphatic rings. The van der Waals surface area contributed by atoms with Gasteiger partial charge in [-0.15, -0.1) is 0 Å². The normalized spacial score (nSPS) is 11.0. The standard InChI is InChI=1S/C22H18O6/c1-25-13-4-6-15(18(10-13)27-3)12-8-17(23)21-20(9-12)28-19-11-14(26-2)5-7-16(19)22(21)24/h4-11,23H,1-3H3. The highest BCUT2D eigenvalue weighted by Crippen LogP contribution is 2.38. The van der Waals surface area contributed by atoms with Crippen LogP contribution >= 0.6 is 0 Å². The summed E-state index contributed by atoms with van der Waals surface area (Å²) in [6.45, 7) is 0. The summed E-state index contributed by atoms with van der Waals surface area (Å²) in [4.78, 5) is 12.9. The average molecular weight is 378 g/mol. The van der Waals surface area contributed by atoms with Crippen molar-refractivity contribution in [3.8, 4) is 34.1 Å². The van der Waals surface area contributed by atoms with Crippen molar-refractivity contribution in [2.45, 2.75) is 0 Å². The van der Waals surface area contributed by atoms with Crippen LogP contribution in [0.25, 0.3) is 33.1 Å². The van der Waals surface area contributed by atoms with E-state index in [9.17, 15) is 9.90 Å². The van der Waals surface area contributed by atoms with E-state index in [0.717, 1.165) is 5.56 Å². The van der Waals surface area contributed by atoms with Crippen LogP contribution in [0.15, 0.2) is 57.7 Å². The maximum Gasteiger partial charge on any atom is 0.204 e. The van der Waals surface area contributed by atoms with Crippen LogP contribution in [0.4, 0.5) is 0 Å². The van der Waals surface area contributed by atoms with Gasteiger partial charge in [0.25, 0.3) is 0 Å². The highest BCUT2D eigenvalue weighted by atomic mass is 16.5. The van der Waals surface area contributed by atoms with Gasteiger partial charge in [0.2, 0.25) is 5.43 Å². The molecule has 6 nitrogen and oxygen atoms in total. The van der Waals surface area contributed by atoms with Gasteiger partial charge in [-0.1, -0.05) is 0 Å². The summed E-state index contributed by atoms with van der Waals surface area (Å²) < 4.78 is 21.8. The Balaban J connectivity index is 2.00. The van der Waals surface area contributed by atoms with Gasteiger partial charge in [0, 0.05) is 17.7 Å². The molecule has 0 saturated carbocycles. The van der Waals surface area contributed by atoms with Crippen molar-refractivity contribution in [1.82, 2.24) is 0 Å². The van der Waals surface area contributed by atoms with Gasteiger partial charge in [-0.25, -0.2) is 0 Å². The molecule has 142 valence electrons. The Labute approximate surface area is 160 Å². The minimum absolute atomic E-state index is 0.133. The van der Waals surface area contributed by atoms with E-state index in [0.29, 0.717) is 33.8 Å². The Kier molecular flexibility index (Phi) is 4.31. The zero-order valence-electron chi connectivity index (χ0n) is 15.6. The van der Waals surface area contributed by atoms with Gasteiger partial charge in [0.15, 0.2) is 0 Å². The second-order valence-electron chi connectivity index (χ2n) is 6.23. The monoisotopic (exact) mass is 378 g/mol. The van der Waals surface area contributed by atoms with Crippen LogP contribution in [0.2, 0.25) is 0 Å². The maximum absolute atomic E-state index is 12.9. The zero-order chi connectivity index (χ0) is 19.8. The lowest BCUT2D eigenvalue weighted by Crippen LogP contribution is -2.03. The molecule has 6 heteroatoms.